The molecule has 2 rings (SSSR count). The Kier molecular flexibility index (Phi) is 6.59. The highest BCUT2D eigenvalue weighted by Crippen LogP contribution is 2.12. The normalized spacial score (nSPS) is 16.6. The maximum atomic E-state index is 12.1. The van der Waals surface area contributed by atoms with E-state index in [9.17, 15) is 8.42 Å². The second-order valence-corrected chi connectivity index (χ2v) is 7.93. The second kappa shape index (κ2) is 8.46. The number of nitrogens with zero attached hydrogens (tertiary/aromatic N) is 2. The van der Waals surface area contributed by atoms with Crippen molar-refractivity contribution < 1.29 is 13.2 Å². The zero-order valence-electron chi connectivity index (χ0n) is 14.2. The molecule has 24 heavy (non-hydrogen) atoms. The largest absolute Gasteiger partial charge is 0.378 e. The Morgan fingerprint density at radius 2 is 1.92 bits per heavy atom. The number of aliphatic imine (C=N–C) groups is 1. The van der Waals surface area contributed by atoms with E-state index in [2.05, 4.69) is 9.71 Å². The van der Waals surface area contributed by atoms with Crippen molar-refractivity contribution in [1.82, 2.24) is 9.62 Å². The van der Waals surface area contributed by atoms with Crippen LogP contribution in [0.3, 0.4) is 0 Å². The molecule has 0 atom stereocenters. The Hall–Kier alpha value is -1.64. The van der Waals surface area contributed by atoms with Gasteiger partial charge in [-0.1, -0.05) is 26.0 Å². The molecular weight excluding hydrogens is 328 g/mol. The Morgan fingerprint density at radius 3 is 2.50 bits per heavy atom. The summed E-state index contributed by atoms with van der Waals surface area (Å²) in [6, 6.07) is 6.72. The molecule has 0 spiro atoms. The topological polar surface area (TPSA) is 97.0 Å². The van der Waals surface area contributed by atoms with Crippen molar-refractivity contribution in [1.29, 1.82) is 0 Å². The number of hydrogen-bond donors (Lipinski definition) is 2. The molecular formula is C16H26N4O3S. The number of sulfonamides is 1. The van der Waals surface area contributed by atoms with Crippen LogP contribution in [-0.2, 0) is 21.3 Å². The Labute approximate surface area is 143 Å². The average molecular weight is 354 g/mol. The fourth-order valence-corrected chi connectivity index (χ4v) is 3.41. The fourth-order valence-electron chi connectivity index (χ4n) is 2.20. The van der Waals surface area contributed by atoms with Gasteiger partial charge in [-0.25, -0.2) is 18.1 Å². The molecule has 0 saturated carbocycles. The van der Waals surface area contributed by atoms with Crippen LogP contribution in [-0.4, -0.2) is 52.1 Å². The first-order chi connectivity index (χ1) is 11.4. The highest BCUT2D eigenvalue weighted by atomic mass is 32.2. The van der Waals surface area contributed by atoms with Crippen LogP contribution in [0.1, 0.15) is 19.4 Å². The van der Waals surface area contributed by atoms with Crippen molar-refractivity contribution in [2.24, 2.45) is 16.6 Å². The predicted molar refractivity (Wildman–Crippen MR) is 94.2 cm³/mol. The molecule has 1 saturated heterocycles. The van der Waals surface area contributed by atoms with Gasteiger partial charge in [-0.15, -0.1) is 0 Å². The summed E-state index contributed by atoms with van der Waals surface area (Å²) in [6.45, 7) is 7.57. The van der Waals surface area contributed by atoms with Gasteiger partial charge in [0.2, 0.25) is 10.0 Å². The molecule has 1 aromatic carbocycles. The van der Waals surface area contributed by atoms with Gasteiger partial charge < -0.3 is 15.4 Å². The molecule has 0 bridgehead atoms. The number of nitrogens with one attached hydrogen (secondary N) is 1. The van der Waals surface area contributed by atoms with E-state index in [0.717, 1.165) is 18.7 Å². The standard InChI is InChI=1S/C16H26N4O3S/c1-13(2)11-19-24(21,22)15-5-3-14(4-6-15)12-18-16(17)20-7-9-23-10-8-20/h3-6,13,19H,7-12H2,1-2H3,(H2,17,18). The summed E-state index contributed by atoms with van der Waals surface area (Å²) in [5.41, 5.74) is 6.89. The molecule has 1 heterocycles. The Morgan fingerprint density at radius 1 is 1.29 bits per heavy atom. The molecule has 1 fully saturated rings. The van der Waals surface area contributed by atoms with Gasteiger partial charge >= 0.3 is 0 Å². The van der Waals surface area contributed by atoms with Crippen LogP contribution >= 0.6 is 0 Å². The first kappa shape index (κ1) is 18.7. The Balaban J connectivity index is 1.96. The number of nitrogens with two attached hydrogens (primary N) is 1. The van der Waals surface area contributed by atoms with Crippen molar-refractivity contribution in [3.05, 3.63) is 29.8 Å². The van der Waals surface area contributed by atoms with E-state index in [4.69, 9.17) is 10.5 Å². The maximum absolute atomic E-state index is 12.1. The lowest BCUT2D eigenvalue weighted by Gasteiger charge is -2.27. The van der Waals surface area contributed by atoms with Gasteiger partial charge in [0.1, 0.15) is 0 Å². The summed E-state index contributed by atoms with van der Waals surface area (Å²) in [7, 11) is -3.45. The highest BCUT2D eigenvalue weighted by molar-refractivity contribution is 7.89. The van der Waals surface area contributed by atoms with E-state index >= 15 is 0 Å². The van der Waals surface area contributed by atoms with Gasteiger partial charge in [-0.2, -0.15) is 0 Å². The number of guanidine groups is 1. The van der Waals surface area contributed by atoms with E-state index in [-0.39, 0.29) is 10.8 Å². The monoisotopic (exact) mass is 354 g/mol. The minimum Gasteiger partial charge on any atom is -0.378 e. The second-order valence-electron chi connectivity index (χ2n) is 6.16. The fraction of sp³-hybridized carbons (Fsp3) is 0.562. The third kappa shape index (κ3) is 5.47. The predicted octanol–water partition coefficient (Wildman–Crippen LogP) is 0.768. The van der Waals surface area contributed by atoms with Gasteiger partial charge in [-0.3, -0.25) is 0 Å². The van der Waals surface area contributed by atoms with Crippen LogP contribution in [0.5, 0.6) is 0 Å². The van der Waals surface area contributed by atoms with E-state index in [1.54, 1.807) is 24.3 Å². The van der Waals surface area contributed by atoms with E-state index in [0.29, 0.717) is 32.3 Å². The molecule has 0 amide bonds. The summed E-state index contributed by atoms with van der Waals surface area (Å²) >= 11 is 0. The third-order valence-corrected chi connectivity index (χ3v) is 5.11. The minimum atomic E-state index is -3.45. The molecule has 134 valence electrons. The molecule has 0 radical (unpaired) electrons. The van der Waals surface area contributed by atoms with Crippen LogP contribution in [0.25, 0.3) is 0 Å². The van der Waals surface area contributed by atoms with Crippen molar-refractivity contribution in [2.75, 3.05) is 32.8 Å². The molecule has 7 nitrogen and oxygen atoms in total. The summed E-state index contributed by atoms with van der Waals surface area (Å²) in [5, 5.41) is 0. The van der Waals surface area contributed by atoms with Crippen molar-refractivity contribution in [3.8, 4) is 0 Å². The molecule has 0 aromatic heterocycles. The summed E-state index contributed by atoms with van der Waals surface area (Å²) < 4.78 is 32.2. The minimum absolute atomic E-state index is 0.261. The first-order valence-electron chi connectivity index (χ1n) is 8.09. The van der Waals surface area contributed by atoms with Crippen LogP contribution in [0, 0.1) is 5.92 Å². The van der Waals surface area contributed by atoms with Crippen molar-refractivity contribution in [2.45, 2.75) is 25.3 Å². The van der Waals surface area contributed by atoms with Gasteiger partial charge in [0.25, 0.3) is 0 Å². The third-order valence-electron chi connectivity index (χ3n) is 3.67. The number of morpholine rings is 1. The molecule has 0 aliphatic carbocycles. The lowest BCUT2D eigenvalue weighted by Crippen LogP contribution is -2.44. The lowest BCUT2D eigenvalue weighted by molar-refractivity contribution is 0.0674. The van der Waals surface area contributed by atoms with Gasteiger partial charge in [0.05, 0.1) is 24.7 Å². The van der Waals surface area contributed by atoms with Crippen LogP contribution in [0.15, 0.2) is 34.2 Å². The zero-order valence-corrected chi connectivity index (χ0v) is 15.1. The molecule has 8 heteroatoms. The lowest BCUT2D eigenvalue weighted by atomic mass is 10.2. The number of rotatable bonds is 6. The number of ether oxygens (including phenoxy) is 1. The molecule has 1 aliphatic heterocycles. The van der Waals surface area contributed by atoms with Crippen molar-refractivity contribution >= 4 is 16.0 Å². The van der Waals surface area contributed by atoms with E-state index < -0.39 is 10.0 Å². The van der Waals surface area contributed by atoms with Crippen LogP contribution in [0.4, 0.5) is 0 Å². The summed E-state index contributed by atoms with van der Waals surface area (Å²) in [6.07, 6.45) is 0. The molecule has 1 aliphatic rings. The number of benzene rings is 1. The summed E-state index contributed by atoms with van der Waals surface area (Å²) in [4.78, 5) is 6.61. The van der Waals surface area contributed by atoms with Crippen LogP contribution in [0.2, 0.25) is 0 Å². The summed E-state index contributed by atoms with van der Waals surface area (Å²) in [5.74, 6) is 0.755. The molecule has 0 unspecified atom stereocenters. The SMILES string of the molecule is CC(C)CNS(=O)(=O)c1ccc(CN=C(N)N2CCOCC2)cc1. The van der Waals surface area contributed by atoms with Gasteiger partial charge in [0.15, 0.2) is 5.96 Å². The van der Waals surface area contributed by atoms with E-state index in [1.165, 1.54) is 0 Å². The highest BCUT2D eigenvalue weighted by Gasteiger charge is 2.14. The quantitative estimate of drug-likeness (QED) is 0.581. The van der Waals surface area contributed by atoms with E-state index in [1.807, 2.05) is 18.7 Å². The van der Waals surface area contributed by atoms with Gasteiger partial charge in [-0.05, 0) is 23.6 Å². The number of hydrogen-bond acceptors (Lipinski definition) is 4. The first-order valence-corrected chi connectivity index (χ1v) is 9.58. The molecule has 3 N–H and O–H groups in total. The Bertz CT molecular complexity index is 650. The zero-order chi connectivity index (χ0) is 17.6. The average Bonchev–Trinajstić information content (AvgIpc) is 2.59. The van der Waals surface area contributed by atoms with Crippen LogP contribution < -0.4 is 10.5 Å². The maximum Gasteiger partial charge on any atom is 0.240 e. The van der Waals surface area contributed by atoms with Gasteiger partial charge in [0, 0.05) is 19.6 Å². The molecule has 1 aromatic rings. The smallest absolute Gasteiger partial charge is 0.240 e. The van der Waals surface area contributed by atoms with Crippen molar-refractivity contribution in [3.63, 3.8) is 0 Å².